The number of hydrogen-bond acceptors (Lipinski definition) is 3. The highest BCUT2D eigenvalue weighted by atomic mass is 79.9. The number of nitro groups is 1. The second-order valence-corrected chi connectivity index (χ2v) is 3.90. The number of hydrogen-bond donors (Lipinski definition) is 0. The molecule has 0 aliphatic heterocycles. The van der Waals surface area contributed by atoms with Gasteiger partial charge in [0.15, 0.2) is 0 Å². The predicted molar refractivity (Wildman–Crippen MR) is 56.2 cm³/mol. The summed E-state index contributed by atoms with van der Waals surface area (Å²) in [5, 5.41) is 10.5. The zero-order valence-corrected chi connectivity index (χ0v) is 10.3. The van der Waals surface area contributed by atoms with Crippen LogP contribution < -0.4 is 0 Å². The molecular formula is C7H4Br2F2N2O2. The third-order valence-corrected chi connectivity index (χ3v) is 2.61. The molecule has 0 amide bonds. The lowest BCUT2D eigenvalue weighted by Crippen LogP contribution is -2.02. The van der Waals surface area contributed by atoms with Crippen molar-refractivity contribution in [3.63, 3.8) is 0 Å². The van der Waals surface area contributed by atoms with E-state index in [4.69, 9.17) is 0 Å². The van der Waals surface area contributed by atoms with Gasteiger partial charge in [0.05, 0.1) is 5.56 Å². The number of rotatable bonds is 3. The van der Waals surface area contributed by atoms with Gasteiger partial charge in [-0.2, -0.15) is 0 Å². The molecule has 0 aromatic carbocycles. The van der Waals surface area contributed by atoms with Gasteiger partial charge in [-0.3, -0.25) is 0 Å². The quantitative estimate of drug-likeness (QED) is 0.364. The maximum Gasteiger partial charge on any atom is 0.369 e. The van der Waals surface area contributed by atoms with Crippen LogP contribution in [0.5, 0.6) is 0 Å². The first-order valence-electron chi connectivity index (χ1n) is 3.65. The van der Waals surface area contributed by atoms with E-state index < -0.39 is 17.2 Å². The standard InChI is InChI=1S/C7H4Br2F2N2O2/c8-2-4-3(6(10)11)1-5(9)12-7(4)13(14)15/h1,6H,2H2. The minimum Gasteiger partial charge on any atom is -0.358 e. The Bertz CT molecular complexity index is 401. The lowest BCUT2D eigenvalue weighted by atomic mass is 10.1. The molecule has 1 aromatic heterocycles. The van der Waals surface area contributed by atoms with E-state index in [0.29, 0.717) is 0 Å². The van der Waals surface area contributed by atoms with E-state index in [0.717, 1.165) is 6.07 Å². The van der Waals surface area contributed by atoms with Gasteiger partial charge in [0.2, 0.25) is 4.60 Å². The van der Waals surface area contributed by atoms with Crippen LogP contribution in [0.2, 0.25) is 0 Å². The number of aromatic nitrogens is 1. The SMILES string of the molecule is O=[N+]([O-])c1nc(Br)cc(C(F)F)c1CBr. The number of alkyl halides is 3. The Kier molecular flexibility index (Phi) is 4.09. The van der Waals surface area contributed by atoms with Crippen molar-refractivity contribution in [2.75, 3.05) is 0 Å². The van der Waals surface area contributed by atoms with E-state index in [1.165, 1.54) is 0 Å². The van der Waals surface area contributed by atoms with Gasteiger partial charge in [-0.1, -0.05) is 15.9 Å². The summed E-state index contributed by atoms with van der Waals surface area (Å²) < 4.78 is 25.1. The molecule has 0 saturated carbocycles. The van der Waals surface area contributed by atoms with E-state index >= 15 is 0 Å². The van der Waals surface area contributed by atoms with Gasteiger partial charge in [-0.15, -0.1) is 0 Å². The molecule has 1 rings (SSSR count). The summed E-state index contributed by atoms with van der Waals surface area (Å²) in [6.45, 7) is 0. The van der Waals surface area contributed by atoms with Crippen LogP contribution in [0.15, 0.2) is 10.7 Å². The van der Waals surface area contributed by atoms with Crippen molar-refractivity contribution in [2.45, 2.75) is 11.8 Å². The summed E-state index contributed by atoms with van der Waals surface area (Å²) in [5.41, 5.74) is -0.487. The third kappa shape index (κ3) is 2.69. The van der Waals surface area contributed by atoms with Gasteiger partial charge in [0, 0.05) is 32.9 Å². The molecule has 0 radical (unpaired) electrons. The van der Waals surface area contributed by atoms with Gasteiger partial charge in [0.25, 0.3) is 6.43 Å². The monoisotopic (exact) mass is 344 g/mol. The van der Waals surface area contributed by atoms with Crippen LogP contribution in [-0.4, -0.2) is 9.91 Å². The number of halogens is 4. The van der Waals surface area contributed by atoms with Crippen molar-refractivity contribution >= 4 is 37.7 Å². The Hall–Kier alpha value is -0.630. The second kappa shape index (κ2) is 4.93. The topological polar surface area (TPSA) is 56.0 Å². The van der Waals surface area contributed by atoms with Crippen LogP contribution in [0.25, 0.3) is 0 Å². The molecule has 82 valence electrons. The summed E-state index contributed by atoms with van der Waals surface area (Å²) in [5.74, 6) is -0.559. The van der Waals surface area contributed by atoms with E-state index in [1.54, 1.807) is 0 Å². The molecule has 1 aromatic rings. The fourth-order valence-corrected chi connectivity index (χ4v) is 2.02. The molecule has 15 heavy (non-hydrogen) atoms. The Balaban J connectivity index is 3.45. The summed E-state index contributed by atoms with van der Waals surface area (Å²) >= 11 is 5.78. The first-order valence-corrected chi connectivity index (χ1v) is 5.56. The Labute approximate surface area is 100 Å². The van der Waals surface area contributed by atoms with Crippen molar-refractivity contribution in [2.24, 2.45) is 0 Å². The Morgan fingerprint density at radius 3 is 2.60 bits per heavy atom. The van der Waals surface area contributed by atoms with E-state index in [-0.39, 0.29) is 21.1 Å². The van der Waals surface area contributed by atoms with Crippen LogP contribution in [0.4, 0.5) is 14.6 Å². The maximum atomic E-state index is 12.5. The highest BCUT2D eigenvalue weighted by molar-refractivity contribution is 9.10. The fraction of sp³-hybridized carbons (Fsp3) is 0.286. The molecule has 0 fully saturated rings. The van der Waals surface area contributed by atoms with Gasteiger partial charge in [0.1, 0.15) is 0 Å². The van der Waals surface area contributed by atoms with Crippen molar-refractivity contribution in [1.29, 1.82) is 0 Å². The van der Waals surface area contributed by atoms with Crippen LogP contribution in [0.1, 0.15) is 17.6 Å². The van der Waals surface area contributed by atoms with Gasteiger partial charge >= 0.3 is 5.82 Å². The van der Waals surface area contributed by atoms with Crippen LogP contribution >= 0.6 is 31.9 Å². The zero-order valence-electron chi connectivity index (χ0n) is 7.08. The largest absolute Gasteiger partial charge is 0.369 e. The minimum atomic E-state index is -2.77. The van der Waals surface area contributed by atoms with Crippen LogP contribution in [-0.2, 0) is 5.33 Å². The fourth-order valence-electron chi connectivity index (χ4n) is 1.03. The van der Waals surface area contributed by atoms with Crippen LogP contribution in [0, 0.1) is 10.1 Å². The summed E-state index contributed by atoms with van der Waals surface area (Å²) in [6.07, 6.45) is -2.77. The summed E-state index contributed by atoms with van der Waals surface area (Å²) in [7, 11) is 0. The zero-order chi connectivity index (χ0) is 11.6. The summed E-state index contributed by atoms with van der Waals surface area (Å²) in [4.78, 5) is 13.3. The number of pyridine rings is 1. The second-order valence-electron chi connectivity index (χ2n) is 2.53. The molecular weight excluding hydrogens is 342 g/mol. The lowest BCUT2D eigenvalue weighted by Gasteiger charge is -2.06. The van der Waals surface area contributed by atoms with Gasteiger partial charge in [-0.05, 0) is 9.91 Å². The van der Waals surface area contributed by atoms with Crippen molar-refractivity contribution in [1.82, 2.24) is 4.98 Å². The molecule has 1 heterocycles. The average Bonchev–Trinajstić information content (AvgIpc) is 2.16. The van der Waals surface area contributed by atoms with E-state index in [2.05, 4.69) is 36.8 Å². The molecule has 8 heteroatoms. The first-order chi connectivity index (χ1) is 6.97. The van der Waals surface area contributed by atoms with E-state index in [9.17, 15) is 18.9 Å². The molecule has 0 bridgehead atoms. The first kappa shape index (κ1) is 12.4. The third-order valence-electron chi connectivity index (χ3n) is 1.65. The molecule has 0 N–H and O–H groups in total. The van der Waals surface area contributed by atoms with Gasteiger partial charge < -0.3 is 10.1 Å². The molecule has 0 aliphatic rings. The van der Waals surface area contributed by atoms with Crippen molar-refractivity contribution in [3.8, 4) is 0 Å². The predicted octanol–water partition coefficient (Wildman–Crippen LogP) is 3.58. The van der Waals surface area contributed by atoms with Gasteiger partial charge in [-0.25, -0.2) is 8.78 Å². The lowest BCUT2D eigenvalue weighted by molar-refractivity contribution is -0.390. The number of nitrogens with zero attached hydrogens (tertiary/aromatic N) is 2. The molecule has 0 spiro atoms. The summed E-state index contributed by atoms with van der Waals surface area (Å²) in [6, 6.07) is 1.08. The van der Waals surface area contributed by atoms with E-state index in [1.807, 2.05) is 0 Å². The molecule has 0 aliphatic carbocycles. The van der Waals surface area contributed by atoms with Crippen molar-refractivity contribution in [3.05, 3.63) is 31.9 Å². The maximum absolute atomic E-state index is 12.5. The highest BCUT2D eigenvalue weighted by Crippen LogP contribution is 2.32. The molecule has 0 atom stereocenters. The normalized spacial score (nSPS) is 10.7. The minimum absolute atomic E-state index is 0.0224. The van der Waals surface area contributed by atoms with Crippen LogP contribution in [0.3, 0.4) is 0 Å². The smallest absolute Gasteiger partial charge is 0.358 e. The average molecular weight is 346 g/mol. The Morgan fingerprint density at radius 1 is 1.60 bits per heavy atom. The molecule has 0 unspecified atom stereocenters. The van der Waals surface area contributed by atoms with Crippen molar-refractivity contribution < 1.29 is 13.7 Å². The Morgan fingerprint density at radius 2 is 2.20 bits per heavy atom. The highest BCUT2D eigenvalue weighted by Gasteiger charge is 2.25. The molecule has 0 saturated heterocycles. The molecule has 4 nitrogen and oxygen atoms in total.